The summed E-state index contributed by atoms with van der Waals surface area (Å²) in [5.74, 6) is -1.08. The molecule has 47 heavy (non-hydrogen) atoms. The zero-order chi connectivity index (χ0) is 34.7. The largest absolute Gasteiger partial charge is 0.504 e. The van der Waals surface area contributed by atoms with Gasteiger partial charge in [0.25, 0.3) is 0 Å². The van der Waals surface area contributed by atoms with E-state index in [2.05, 4.69) is 21.6 Å². The number of aromatic hydroxyl groups is 1. The molecule has 0 spiro atoms. The summed E-state index contributed by atoms with van der Waals surface area (Å²) in [7, 11) is 4.72. The van der Waals surface area contributed by atoms with Crippen molar-refractivity contribution >= 4 is 23.6 Å². The van der Waals surface area contributed by atoms with E-state index < -0.39 is 53.6 Å². The number of methoxy groups -OCH3 is 2. The first-order valence-electron chi connectivity index (χ1n) is 15.7. The number of Topliss-reactive ketones (excluding diaryl/α,β-unsaturated/α-hetero) is 2. The van der Waals surface area contributed by atoms with Crippen LogP contribution in [0.15, 0.2) is 28.5 Å². The second kappa shape index (κ2) is 12.3. The van der Waals surface area contributed by atoms with Crippen LogP contribution in [0.4, 0.5) is 4.79 Å². The number of likely N-dealkylation sites (N-methyl/N-ethyl adjacent to an activating group) is 1. The molecule has 2 amide bonds. The number of benzene rings is 1. The van der Waals surface area contributed by atoms with E-state index >= 15 is 0 Å². The molecular formula is C34H43N5O8. The molecule has 5 rings (SSSR count). The normalized spacial score (nSPS) is 26.4. The lowest BCUT2D eigenvalue weighted by Gasteiger charge is -2.60. The number of alkyl carbamates (subject to hydrolysis) is 1. The number of phenols is 1. The van der Waals surface area contributed by atoms with Crippen LogP contribution < -0.4 is 15.4 Å². The molecule has 2 unspecified atom stereocenters. The third-order valence-electron chi connectivity index (χ3n) is 9.66. The molecule has 2 bridgehead atoms. The molecule has 1 aromatic rings. The number of amides is 2. The van der Waals surface area contributed by atoms with E-state index in [9.17, 15) is 29.5 Å². The Morgan fingerprint density at radius 2 is 1.81 bits per heavy atom. The Kier molecular flexibility index (Phi) is 8.89. The van der Waals surface area contributed by atoms with Gasteiger partial charge in [-0.05, 0) is 72.6 Å². The molecule has 0 radical (unpaired) electrons. The molecule has 1 aliphatic carbocycles. The van der Waals surface area contributed by atoms with Gasteiger partial charge in [0.1, 0.15) is 17.7 Å². The Morgan fingerprint density at radius 3 is 2.40 bits per heavy atom. The number of nitrogens with one attached hydrogen (secondary N) is 2. The number of nitriles is 1. The van der Waals surface area contributed by atoms with Crippen LogP contribution in [-0.4, -0.2) is 102 Å². The molecular weight excluding hydrogens is 606 g/mol. The average Bonchev–Trinajstić information content (AvgIpc) is 2.98. The summed E-state index contributed by atoms with van der Waals surface area (Å²) in [6.07, 6.45) is -0.189. The van der Waals surface area contributed by atoms with Gasteiger partial charge in [0.2, 0.25) is 11.7 Å². The van der Waals surface area contributed by atoms with E-state index in [0.717, 1.165) is 11.1 Å². The van der Waals surface area contributed by atoms with E-state index in [1.165, 1.54) is 21.1 Å². The first kappa shape index (κ1) is 33.9. The number of nitrogens with zero attached hydrogens (tertiary/aromatic N) is 3. The fraction of sp³-hybridized carbons (Fsp3) is 0.559. The summed E-state index contributed by atoms with van der Waals surface area (Å²) in [6, 6.07) is 0.472. The molecule has 0 aromatic heterocycles. The molecule has 3 N–H and O–H groups in total. The van der Waals surface area contributed by atoms with Crippen LogP contribution in [0.5, 0.6) is 11.5 Å². The molecule has 4 aliphatic rings. The minimum Gasteiger partial charge on any atom is -0.504 e. The summed E-state index contributed by atoms with van der Waals surface area (Å²) in [4.78, 5) is 57.5. The Hall–Kier alpha value is -4.41. The van der Waals surface area contributed by atoms with Crippen molar-refractivity contribution in [2.75, 3.05) is 27.8 Å². The monoisotopic (exact) mass is 649 g/mol. The number of allylic oxidation sites excluding steroid dienone is 2. The summed E-state index contributed by atoms with van der Waals surface area (Å²) < 4.78 is 16.2. The lowest BCUT2D eigenvalue weighted by molar-refractivity contribution is -0.125. The summed E-state index contributed by atoms with van der Waals surface area (Å²) in [5.41, 5.74) is 2.20. The number of carbonyl (C=O) groups excluding carboxylic acids is 4. The number of piperazine rings is 1. The van der Waals surface area contributed by atoms with E-state index in [1.807, 2.05) is 24.9 Å². The van der Waals surface area contributed by atoms with Crippen LogP contribution in [-0.2, 0) is 30.3 Å². The number of hydrogen-bond donors (Lipinski definition) is 3. The van der Waals surface area contributed by atoms with Crippen LogP contribution >= 0.6 is 0 Å². The quantitative estimate of drug-likeness (QED) is 0.387. The minimum absolute atomic E-state index is 0.00335. The fourth-order valence-electron chi connectivity index (χ4n) is 7.71. The minimum atomic E-state index is -0.990. The summed E-state index contributed by atoms with van der Waals surface area (Å²) in [5, 5.41) is 27.6. The lowest BCUT2D eigenvalue weighted by Crippen LogP contribution is -2.71. The molecule has 1 aromatic carbocycles. The molecule has 1 saturated heterocycles. The van der Waals surface area contributed by atoms with Crippen molar-refractivity contribution in [2.24, 2.45) is 0 Å². The van der Waals surface area contributed by atoms with Gasteiger partial charge in [-0.25, -0.2) is 4.79 Å². The maximum Gasteiger partial charge on any atom is 0.408 e. The second-order valence-corrected chi connectivity index (χ2v) is 13.7. The molecule has 3 aliphatic heterocycles. The molecule has 0 saturated carbocycles. The number of ketones is 2. The average molecular weight is 650 g/mol. The molecule has 13 heteroatoms. The fourth-order valence-corrected chi connectivity index (χ4v) is 7.71. The first-order chi connectivity index (χ1) is 22.1. The molecule has 13 nitrogen and oxygen atoms in total. The maximum atomic E-state index is 14.0. The van der Waals surface area contributed by atoms with Crippen molar-refractivity contribution in [3.05, 3.63) is 45.2 Å². The van der Waals surface area contributed by atoms with Crippen molar-refractivity contribution in [3.8, 4) is 17.6 Å². The van der Waals surface area contributed by atoms with Crippen molar-refractivity contribution in [1.29, 1.82) is 5.26 Å². The first-order valence-corrected chi connectivity index (χ1v) is 15.7. The van der Waals surface area contributed by atoms with Crippen molar-refractivity contribution in [1.82, 2.24) is 20.4 Å². The number of aryl methyl sites for hydroxylation is 1. The van der Waals surface area contributed by atoms with Crippen LogP contribution in [0.2, 0.25) is 0 Å². The number of fused-ring (bicyclic) bond motifs is 6. The molecule has 3 heterocycles. The van der Waals surface area contributed by atoms with Crippen LogP contribution in [0.25, 0.3) is 0 Å². The summed E-state index contributed by atoms with van der Waals surface area (Å²) >= 11 is 0. The van der Waals surface area contributed by atoms with Crippen LogP contribution in [0.3, 0.4) is 0 Å². The molecule has 252 valence electrons. The van der Waals surface area contributed by atoms with Gasteiger partial charge in [-0.3, -0.25) is 24.2 Å². The Bertz CT molecular complexity index is 1650. The highest BCUT2D eigenvalue weighted by molar-refractivity contribution is 6.25. The SMILES string of the molecule is COC1=C(C)C(=O)C2=C(C1=O)[C@H](CNC(=O)C(C)NC(=O)OC(C)(C)C)N1C(C2)[C@H]2c3c(cc(C)c(OC)c3O)C[C@H]([C@@H]1C#N)N2C. The van der Waals surface area contributed by atoms with Gasteiger partial charge in [0, 0.05) is 40.9 Å². The Labute approximate surface area is 274 Å². The zero-order valence-corrected chi connectivity index (χ0v) is 28.3. The lowest BCUT2D eigenvalue weighted by atomic mass is 9.69. The van der Waals surface area contributed by atoms with Crippen molar-refractivity contribution in [3.63, 3.8) is 0 Å². The third kappa shape index (κ3) is 5.63. The molecule has 1 fully saturated rings. The highest BCUT2D eigenvalue weighted by Crippen LogP contribution is 2.53. The standard InChI is InChI=1S/C34H43N5O8/c1-15-10-18-11-20-22(13-35)39-21(26(38(20)7)24(18)28(41)30(15)45-8)12-19-25(29(42)31(46-9)16(2)27(19)40)23(39)14-36-32(43)17(3)37-33(44)47-34(4,5)6/h10,17,20-23,26,41H,11-12,14H2,1-9H3,(H,36,43)(H,37,44)/t17?,20-,21?,22+,23+,26+/m1/s1. The zero-order valence-electron chi connectivity index (χ0n) is 28.3. The number of ether oxygens (including phenoxy) is 3. The van der Waals surface area contributed by atoms with Crippen LogP contribution in [0.1, 0.15) is 63.8 Å². The van der Waals surface area contributed by atoms with E-state index in [1.54, 1.807) is 27.7 Å². The predicted molar refractivity (Wildman–Crippen MR) is 169 cm³/mol. The van der Waals surface area contributed by atoms with Gasteiger partial charge < -0.3 is 30.0 Å². The Morgan fingerprint density at radius 1 is 1.13 bits per heavy atom. The number of carbonyl (C=O) groups is 4. The summed E-state index contributed by atoms with van der Waals surface area (Å²) in [6.45, 7) is 9.90. The van der Waals surface area contributed by atoms with E-state index in [0.29, 0.717) is 23.3 Å². The van der Waals surface area contributed by atoms with E-state index in [4.69, 9.17) is 14.2 Å². The molecule has 6 atom stereocenters. The number of phenolic OH excluding ortho intramolecular Hbond substituents is 1. The number of hydrogen-bond acceptors (Lipinski definition) is 11. The van der Waals surface area contributed by atoms with Crippen molar-refractivity contribution < 1.29 is 38.5 Å². The van der Waals surface area contributed by atoms with Gasteiger partial charge in [-0.15, -0.1) is 0 Å². The third-order valence-corrected chi connectivity index (χ3v) is 9.66. The topological polar surface area (TPSA) is 171 Å². The highest BCUT2D eigenvalue weighted by atomic mass is 16.6. The smallest absolute Gasteiger partial charge is 0.408 e. The van der Waals surface area contributed by atoms with Gasteiger partial charge in [0.15, 0.2) is 23.0 Å². The second-order valence-electron chi connectivity index (χ2n) is 13.7. The van der Waals surface area contributed by atoms with Gasteiger partial charge in [-0.2, -0.15) is 5.26 Å². The van der Waals surface area contributed by atoms with E-state index in [-0.39, 0.29) is 47.4 Å². The maximum absolute atomic E-state index is 14.0. The van der Waals surface area contributed by atoms with Gasteiger partial charge in [0.05, 0.1) is 32.4 Å². The predicted octanol–water partition coefficient (Wildman–Crippen LogP) is 2.35. The number of rotatable bonds is 6. The van der Waals surface area contributed by atoms with Crippen LogP contribution in [0, 0.1) is 18.3 Å². The van der Waals surface area contributed by atoms with Gasteiger partial charge >= 0.3 is 6.09 Å². The highest BCUT2D eigenvalue weighted by Gasteiger charge is 2.58. The van der Waals surface area contributed by atoms with Crippen molar-refractivity contribution in [2.45, 2.75) is 96.2 Å². The Balaban J connectivity index is 1.59. The van der Waals surface area contributed by atoms with Gasteiger partial charge in [-0.1, -0.05) is 6.07 Å².